The van der Waals surface area contributed by atoms with Crippen LogP contribution in [0.15, 0.2) is 23.8 Å². The van der Waals surface area contributed by atoms with Crippen LogP contribution in [0, 0.1) is 40.9 Å². The Balaban J connectivity index is 0.000000307. The van der Waals surface area contributed by atoms with E-state index in [1.54, 1.807) is 6.92 Å². The predicted molar refractivity (Wildman–Crippen MR) is 144 cm³/mol. The minimum absolute atomic E-state index is 0.0420. The number of hydrogen-bond acceptors (Lipinski definition) is 3. The highest BCUT2D eigenvalue weighted by atomic mass is 16.5. The lowest BCUT2D eigenvalue weighted by Gasteiger charge is -2.49. The molecule has 0 radical (unpaired) electrons. The summed E-state index contributed by atoms with van der Waals surface area (Å²) in [5.74, 6) is 3.83. The van der Waals surface area contributed by atoms with Crippen molar-refractivity contribution in [3.8, 4) is 0 Å². The van der Waals surface area contributed by atoms with Crippen molar-refractivity contribution >= 4 is 11.9 Å². The molecule has 2 saturated carbocycles. The quantitative estimate of drug-likeness (QED) is 0.315. The van der Waals surface area contributed by atoms with Gasteiger partial charge < -0.3 is 9.84 Å². The molecule has 0 aliphatic heterocycles. The molecule has 0 aromatic carbocycles. The zero-order valence-corrected chi connectivity index (χ0v) is 23.5. The van der Waals surface area contributed by atoms with E-state index >= 15 is 0 Å². The average molecular weight is 489 g/mol. The number of carboxylic acids is 1. The van der Waals surface area contributed by atoms with Crippen LogP contribution in [0.5, 0.6) is 0 Å². The summed E-state index contributed by atoms with van der Waals surface area (Å²) in [6.45, 7) is 16.0. The molecule has 0 aromatic heterocycles. The third kappa shape index (κ3) is 8.22. The first kappa shape index (κ1) is 29.6. The van der Waals surface area contributed by atoms with Crippen molar-refractivity contribution in [1.82, 2.24) is 0 Å². The fraction of sp³-hybridized carbons (Fsp3) is 0.806. The van der Waals surface area contributed by atoms with E-state index in [1.807, 2.05) is 12.5 Å². The summed E-state index contributed by atoms with van der Waals surface area (Å²) in [6, 6.07) is 0. The minimum Gasteiger partial charge on any atom is -0.481 e. The van der Waals surface area contributed by atoms with Gasteiger partial charge in [-0.3, -0.25) is 9.59 Å². The van der Waals surface area contributed by atoms with Gasteiger partial charge in [0.1, 0.15) is 0 Å². The predicted octanol–water partition coefficient (Wildman–Crippen LogP) is 8.22. The Kier molecular flexibility index (Phi) is 11.6. The Morgan fingerprint density at radius 2 is 1.83 bits per heavy atom. The summed E-state index contributed by atoms with van der Waals surface area (Å²) in [4.78, 5) is 20.9. The molecule has 0 spiro atoms. The van der Waals surface area contributed by atoms with E-state index in [-0.39, 0.29) is 18.9 Å². The van der Waals surface area contributed by atoms with Crippen molar-refractivity contribution in [3.05, 3.63) is 23.8 Å². The molecule has 0 bridgehead atoms. The van der Waals surface area contributed by atoms with Crippen LogP contribution in [-0.2, 0) is 14.3 Å². The van der Waals surface area contributed by atoms with Gasteiger partial charge in [-0.05, 0) is 80.0 Å². The topological polar surface area (TPSA) is 63.6 Å². The van der Waals surface area contributed by atoms with Crippen molar-refractivity contribution in [1.29, 1.82) is 0 Å². The lowest BCUT2D eigenvalue weighted by atomic mass is 9.56. The van der Waals surface area contributed by atoms with Crippen LogP contribution in [-0.4, -0.2) is 23.1 Å². The second-order valence-electron chi connectivity index (χ2n) is 12.2. The van der Waals surface area contributed by atoms with E-state index in [0.717, 1.165) is 41.9 Å². The minimum atomic E-state index is -0.976. The van der Waals surface area contributed by atoms with Crippen molar-refractivity contribution < 1.29 is 19.4 Å². The molecule has 3 aliphatic carbocycles. The van der Waals surface area contributed by atoms with Crippen LogP contribution in [0.1, 0.15) is 113 Å². The number of allylic oxidation sites excluding steroid dienone is 4. The molecule has 3 rings (SSSR count). The number of ether oxygens (including phenoxy) is 1. The molecule has 0 heterocycles. The summed E-state index contributed by atoms with van der Waals surface area (Å²) < 4.78 is 4.85. The molecule has 0 unspecified atom stereocenters. The smallest absolute Gasteiger partial charge is 0.306 e. The summed E-state index contributed by atoms with van der Waals surface area (Å²) in [5.41, 5.74) is 2.41. The van der Waals surface area contributed by atoms with Gasteiger partial charge in [0.15, 0.2) is 0 Å². The molecule has 4 nitrogen and oxygen atoms in total. The van der Waals surface area contributed by atoms with Gasteiger partial charge in [0.25, 0.3) is 0 Å². The Labute approximate surface area is 215 Å². The third-order valence-electron chi connectivity index (χ3n) is 9.15. The summed E-state index contributed by atoms with van der Waals surface area (Å²) in [5, 5.41) is 8.25. The molecule has 7 atom stereocenters. The maximum absolute atomic E-state index is 10.8. The number of carbonyl (C=O) groups is 2. The maximum atomic E-state index is 10.8. The van der Waals surface area contributed by atoms with Crippen LogP contribution in [0.2, 0.25) is 0 Å². The van der Waals surface area contributed by atoms with Gasteiger partial charge in [-0.15, -0.1) is 0 Å². The highest BCUT2D eigenvalue weighted by molar-refractivity contribution is 5.76. The highest BCUT2D eigenvalue weighted by Gasteiger charge is 2.53. The molecule has 200 valence electrons. The monoisotopic (exact) mass is 488 g/mol. The fourth-order valence-electron chi connectivity index (χ4n) is 6.90. The number of carbonyl (C=O) groups excluding carboxylic acids is 1. The van der Waals surface area contributed by atoms with E-state index in [2.05, 4.69) is 52.8 Å². The Bertz CT molecular complexity index is 751. The fourth-order valence-corrected chi connectivity index (χ4v) is 6.90. The zero-order valence-electron chi connectivity index (χ0n) is 23.5. The second kappa shape index (κ2) is 13.7. The number of fused-ring (bicyclic) bond motifs is 3. The molecule has 2 fully saturated rings. The normalized spacial score (nSPS) is 30.9. The number of esters is 1. The number of aliphatic carboxylic acids is 1. The van der Waals surface area contributed by atoms with Gasteiger partial charge >= 0.3 is 11.9 Å². The van der Waals surface area contributed by atoms with Gasteiger partial charge in [0.05, 0.1) is 18.9 Å². The van der Waals surface area contributed by atoms with Crippen LogP contribution in [0.25, 0.3) is 0 Å². The lowest BCUT2D eigenvalue weighted by Crippen LogP contribution is -2.40. The van der Waals surface area contributed by atoms with Gasteiger partial charge in [0, 0.05) is 0 Å². The molecule has 4 heteroatoms. The molecule has 0 aromatic rings. The summed E-state index contributed by atoms with van der Waals surface area (Å²) in [6.07, 6.45) is 17.8. The standard InChI is InChI=1S/C23H38.C8H14O4/c1-16(2)8-6-10-18(4)21-12-13-22-20-11-7-9-17(3)19(20)14-15-23(21,22)5;1-3-6(2)12-8(11)5-4-7(9)10/h7,9,11,16-19,21-22H,6,8,10,12-15H2,1-5H3;6H,3-5H2,1-2H3,(H,9,10)/t17-,18-,19+,21-,22-,23-;6-/m10/s1. The van der Waals surface area contributed by atoms with Crippen molar-refractivity contribution in [2.24, 2.45) is 40.9 Å². The van der Waals surface area contributed by atoms with Crippen LogP contribution >= 0.6 is 0 Å². The molecule has 1 N–H and O–H groups in total. The van der Waals surface area contributed by atoms with Gasteiger partial charge in [-0.25, -0.2) is 0 Å². The first-order valence-corrected chi connectivity index (χ1v) is 14.3. The van der Waals surface area contributed by atoms with Crippen LogP contribution in [0.3, 0.4) is 0 Å². The first-order chi connectivity index (χ1) is 16.5. The molecular weight excluding hydrogens is 436 g/mol. The van der Waals surface area contributed by atoms with E-state index < -0.39 is 11.9 Å². The van der Waals surface area contributed by atoms with E-state index in [1.165, 1.54) is 44.9 Å². The van der Waals surface area contributed by atoms with Crippen LogP contribution in [0.4, 0.5) is 0 Å². The largest absolute Gasteiger partial charge is 0.481 e. The lowest BCUT2D eigenvalue weighted by molar-refractivity contribution is -0.151. The summed E-state index contributed by atoms with van der Waals surface area (Å²) in [7, 11) is 0. The molecule has 0 saturated heterocycles. The SMILES string of the molecule is CC(C)CCC[C@@H](C)[C@H]1CC[C@@H]2C3=CC=C[C@@H](C)[C@@H]3CC[C@@]21C.CC[C@H](C)OC(=O)CCC(=O)O. The van der Waals surface area contributed by atoms with Gasteiger partial charge in [-0.1, -0.05) is 84.6 Å². The average Bonchev–Trinajstić information content (AvgIpc) is 3.15. The van der Waals surface area contributed by atoms with E-state index in [9.17, 15) is 9.59 Å². The molecule has 35 heavy (non-hydrogen) atoms. The van der Waals surface area contributed by atoms with Crippen molar-refractivity contribution in [2.45, 2.75) is 119 Å². The van der Waals surface area contributed by atoms with Gasteiger partial charge in [0.2, 0.25) is 0 Å². The highest BCUT2D eigenvalue weighted by Crippen LogP contribution is 2.62. The number of hydrogen-bond donors (Lipinski definition) is 1. The zero-order chi connectivity index (χ0) is 26.2. The molecule has 0 amide bonds. The van der Waals surface area contributed by atoms with Crippen molar-refractivity contribution in [2.75, 3.05) is 0 Å². The number of rotatable bonds is 10. The first-order valence-electron chi connectivity index (χ1n) is 14.3. The van der Waals surface area contributed by atoms with E-state index in [0.29, 0.717) is 5.41 Å². The summed E-state index contributed by atoms with van der Waals surface area (Å²) >= 11 is 0. The second-order valence-corrected chi connectivity index (χ2v) is 12.2. The Hall–Kier alpha value is -1.58. The van der Waals surface area contributed by atoms with E-state index in [4.69, 9.17) is 9.84 Å². The van der Waals surface area contributed by atoms with Gasteiger partial charge in [-0.2, -0.15) is 0 Å². The third-order valence-corrected chi connectivity index (χ3v) is 9.15. The molecular formula is C31H52O4. The van der Waals surface area contributed by atoms with Crippen LogP contribution < -0.4 is 0 Å². The van der Waals surface area contributed by atoms with Crippen molar-refractivity contribution in [3.63, 3.8) is 0 Å². The molecule has 3 aliphatic rings. The number of carboxylic acid groups (broad SMARTS) is 1. The Morgan fingerprint density at radius 3 is 2.46 bits per heavy atom. The Morgan fingerprint density at radius 1 is 1.11 bits per heavy atom. The maximum Gasteiger partial charge on any atom is 0.306 e.